The summed E-state index contributed by atoms with van der Waals surface area (Å²) in [5, 5.41) is 0. The Labute approximate surface area is 123 Å². The molecule has 0 fully saturated rings. The van der Waals surface area contributed by atoms with E-state index in [1.165, 1.54) is 89.9 Å². The van der Waals surface area contributed by atoms with Crippen LogP contribution in [0.1, 0.15) is 118 Å². The van der Waals surface area contributed by atoms with Crippen LogP contribution in [-0.2, 0) is 0 Å². The Balaban J connectivity index is 3.32. The van der Waals surface area contributed by atoms with Crippen LogP contribution in [0.15, 0.2) is 0 Å². The van der Waals surface area contributed by atoms with Crippen LogP contribution in [0.3, 0.4) is 0 Å². The molecule has 116 valence electrons. The topological polar surface area (TPSA) is 0 Å². The van der Waals surface area contributed by atoms with Gasteiger partial charge in [0.05, 0.1) is 0 Å². The fraction of sp³-hybridized carbons (Fsp3) is 1.00. The minimum absolute atomic E-state index is 0.593. The van der Waals surface area contributed by atoms with Gasteiger partial charge in [0.25, 0.3) is 0 Å². The molecular weight excluding hydrogens is 228 g/mol. The van der Waals surface area contributed by atoms with Crippen molar-refractivity contribution in [1.29, 1.82) is 0 Å². The maximum Gasteiger partial charge on any atom is -0.0354 e. The highest BCUT2D eigenvalue weighted by Crippen LogP contribution is 2.30. The SMILES string of the molecule is CCCCCCCCCCC(C)(C)CCCCCC. The Bertz CT molecular complexity index is 169. The zero-order chi connectivity index (χ0) is 14.4. The lowest BCUT2D eigenvalue weighted by molar-refractivity contribution is 0.282. The molecule has 0 heterocycles. The Morgan fingerprint density at radius 1 is 0.474 bits per heavy atom. The van der Waals surface area contributed by atoms with E-state index < -0.39 is 0 Å². The highest BCUT2D eigenvalue weighted by atomic mass is 14.2. The molecule has 0 aromatic rings. The molecular formula is C19H40. The molecule has 0 rings (SSSR count). The lowest BCUT2D eigenvalue weighted by Crippen LogP contribution is -2.11. The van der Waals surface area contributed by atoms with Crippen LogP contribution in [0.2, 0.25) is 0 Å². The fourth-order valence-electron chi connectivity index (χ4n) is 2.89. The van der Waals surface area contributed by atoms with Gasteiger partial charge in [-0.1, -0.05) is 105 Å². The molecule has 0 nitrogen and oxygen atoms in total. The van der Waals surface area contributed by atoms with Gasteiger partial charge in [-0.3, -0.25) is 0 Å². The van der Waals surface area contributed by atoms with Crippen molar-refractivity contribution in [3.8, 4) is 0 Å². The summed E-state index contributed by atoms with van der Waals surface area (Å²) in [7, 11) is 0. The van der Waals surface area contributed by atoms with E-state index in [-0.39, 0.29) is 0 Å². The second-order valence-electron chi connectivity index (χ2n) is 7.20. The molecule has 0 bridgehead atoms. The molecule has 0 aliphatic rings. The lowest BCUT2D eigenvalue weighted by atomic mass is 9.82. The van der Waals surface area contributed by atoms with E-state index in [4.69, 9.17) is 0 Å². The first-order valence-electron chi connectivity index (χ1n) is 9.12. The molecule has 0 unspecified atom stereocenters. The molecule has 0 aliphatic carbocycles. The number of hydrogen-bond donors (Lipinski definition) is 0. The average Bonchev–Trinajstić information content (AvgIpc) is 2.38. The first-order chi connectivity index (χ1) is 9.12. The third-order valence-corrected chi connectivity index (χ3v) is 4.41. The van der Waals surface area contributed by atoms with Crippen molar-refractivity contribution in [2.45, 2.75) is 118 Å². The van der Waals surface area contributed by atoms with Gasteiger partial charge in [-0.15, -0.1) is 0 Å². The quantitative estimate of drug-likeness (QED) is 0.286. The van der Waals surface area contributed by atoms with Crippen LogP contribution in [0.25, 0.3) is 0 Å². The molecule has 0 heteroatoms. The molecule has 19 heavy (non-hydrogen) atoms. The van der Waals surface area contributed by atoms with E-state index >= 15 is 0 Å². The van der Waals surface area contributed by atoms with Gasteiger partial charge in [0, 0.05) is 0 Å². The zero-order valence-corrected chi connectivity index (χ0v) is 14.4. The van der Waals surface area contributed by atoms with E-state index in [1.807, 2.05) is 0 Å². The van der Waals surface area contributed by atoms with Crippen LogP contribution < -0.4 is 0 Å². The van der Waals surface area contributed by atoms with Crippen molar-refractivity contribution in [2.75, 3.05) is 0 Å². The fourth-order valence-corrected chi connectivity index (χ4v) is 2.89. The Hall–Kier alpha value is 0. The summed E-state index contributed by atoms with van der Waals surface area (Å²) >= 11 is 0. The first kappa shape index (κ1) is 19.0. The number of rotatable bonds is 14. The molecule has 0 saturated carbocycles. The number of unbranched alkanes of at least 4 members (excludes halogenated alkanes) is 10. The summed E-state index contributed by atoms with van der Waals surface area (Å²) in [6.45, 7) is 9.54. The Kier molecular flexibility index (Phi) is 13.0. The highest BCUT2D eigenvalue weighted by Gasteiger charge is 2.16. The second kappa shape index (κ2) is 13.0. The van der Waals surface area contributed by atoms with E-state index in [0.29, 0.717) is 5.41 Å². The van der Waals surface area contributed by atoms with Gasteiger partial charge in [-0.25, -0.2) is 0 Å². The van der Waals surface area contributed by atoms with E-state index in [1.54, 1.807) is 0 Å². The van der Waals surface area contributed by atoms with E-state index in [9.17, 15) is 0 Å². The molecule has 0 aromatic heterocycles. The molecule has 0 N–H and O–H groups in total. The third kappa shape index (κ3) is 14.2. The van der Waals surface area contributed by atoms with Crippen LogP contribution in [0, 0.1) is 5.41 Å². The van der Waals surface area contributed by atoms with E-state index in [2.05, 4.69) is 27.7 Å². The minimum Gasteiger partial charge on any atom is -0.0654 e. The van der Waals surface area contributed by atoms with Crippen LogP contribution in [-0.4, -0.2) is 0 Å². The van der Waals surface area contributed by atoms with Gasteiger partial charge in [0.15, 0.2) is 0 Å². The van der Waals surface area contributed by atoms with Gasteiger partial charge < -0.3 is 0 Å². The smallest absolute Gasteiger partial charge is 0.0354 e. The van der Waals surface area contributed by atoms with Gasteiger partial charge in [0.2, 0.25) is 0 Å². The maximum atomic E-state index is 2.47. The van der Waals surface area contributed by atoms with Gasteiger partial charge >= 0.3 is 0 Å². The Morgan fingerprint density at radius 2 is 0.789 bits per heavy atom. The molecule has 0 radical (unpaired) electrons. The summed E-state index contributed by atoms with van der Waals surface area (Å²) in [5.41, 5.74) is 0.593. The van der Waals surface area contributed by atoms with Crippen molar-refractivity contribution in [3.05, 3.63) is 0 Å². The molecule has 0 spiro atoms. The lowest BCUT2D eigenvalue weighted by Gasteiger charge is -2.24. The molecule has 0 aliphatic heterocycles. The van der Waals surface area contributed by atoms with Gasteiger partial charge in [0.1, 0.15) is 0 Å². The van der Waals surface area contributed by atoms with Crippen molar-refractivity contribution < 1.29 is 0 Å². The van der Waals surface area contributed by atoms with E-state index in [0.717, 1.165) is 0 Å². The molecule has 0 saturated heterocycles. The van der Waals surface area contributed by atoms with Crippen molar-refractivity contribution in [3.63, 3.8) is 0 Å². The second-order valence-corrected chi connectivity index (χ2v) is 7.20. The summed E-state index contributed by atoms with van der Waals surface area (Å²) in [4.78, 5) is 0. The summed E-state index contributed by atoms with van der Waals surface area (Å²) in [5.74, 6) is 0. The van der Waals surface area contributed by atoms with Gasteiger partial charge in [-0.05, 0) is 18.3 Å². The van der Waals surface area contributed by atoms with Gasteiger partial charge in [-0.2, -0.15) is 0 Å². The van der Waals surface area contributed by atoms with Crippen molar-refractivity contribution in [2.24, 2.45) is 5.41 Å². The molecule has 0 atom stereocenters. The zero-order valence-electron chi connectivity index (χ0n) is 14.4. The minimum atomic E-state index is 0.593. The maximum absolute atomic E-state index is 2.47. The predicted octanol–water partition coefficient (Wildman–Crippen LogP) is 7.51. The molecule has 0 amide bonds. The average molecular weight is 269 g/mol. The first-order valence-corrected chi connectivity index (χ1v) is 9.12. The van der Waals surface area contributed by atoms with Crippen molar-refractivity contribution >= 4 is 0 Å². The summed E-state index contributed by atoms with van der Waals surface area (Å²) < 4.78 is 0. The van der Waals surface area contributed by atoms with Crippen LogP contribution in [0.4, 0.5) is 0 Å². The third-order valence-electron chi connectivity index (χ3n) is 4.41. The number of hydrogen-bond acceptors (Lipinski definition) is 0. The Morgan fingerprint density at radius 3 is 1.21 bits per heavy atom. The monoisotopic (exact) mass is 268 g/mol. The molecule has 0 aromatic carbocycles. The predicted molar refractivity (Wildman–Crippen MR) is 89.8 cm³/mol. The summed E-state index contributed by atoms with van der Waals surface area (Å²) in [6.07, 6.45) is 20.1. The standard InChI is InChI=1S/C19H40/c1-5-7-9-11-12-13-14-16-18-19(3,4)17-15-10-8-6-2/h5-18H2,1-4H3. The highest BCUT2D eigenvalue weighted by molar-refractivity contribution is 4.68. The van der Waals surface area contributed by atoms with Crippen LogP contribution >= 0.6 is 0 Å². The van der Waals surface area contributed by atoms with Crippen LogP contribution in [0.5, 0.6) is 0 Å². The normalized spacial score (nSPS) is 12.0. The largest absolute Gasteiger partial charge is 0.0654 e. The van der Waals surface area contributed by atoms with Crippen molar-refractivity contribution in [1.82, 2.24) is 0 Å². The summed E-state index contributed by atoms with van der Waals surface area (Å²) in [6, 6.07) is 0.